The second-order valence-electron chi connectivity index (χ2n) is 3.32. The van der Waals surface area contributed by atoms with Crippen LogP contribution in [0.3, 0.4) is 0 Å². The van der Waals surface area contributed by atoms with Gasteiger partial charge in [0.15, 0.2) is 0 Å². The smallest absolute Gasteiger partial charge is 0.320 e. The van der Waals surface area contributed by atoms with Gasteiger partial charge in [0.1, 0.15) is 6.04 Å². The number of aliphatic carboxylic acids is 1. The molecule has 0 saturated carbocycles. The number of hydrogen-bond donors (Lipinski definition) is 2. The third-order valence-electron chi connectivity index (χ3n) is 2.59. The first-order chi connectivity index (χ1) is 5.54. The van der Waals surface area contributed by atoms with Gasteiger partial charge >= 0.3 is 5.97 Å². The molecule has 3 unspecified atom stereocenters. The van der Waals surface area contributed by atoms with Crippen LogP contribution in [-0.2, 0) is 4.79 Å². The highest BCUT2D eigenvalue weighted by molar-refractivity contribution is 5.73. The van der Waals surface area contributed by atoms with Crippen molar-refractivity contribution in [2.24, 2.45) is 17.6 Å². The Balaban J connectivity index is 4.23. The van der Waals surface area contributed by atoms with Crippen LogP contribution in [0.25, 0.3) is 0 Å². The van der Waals surface area contributed by atoms with Crippen molar-refractivity contribution in [1.82, 2.24) is 0 Å². The summed E-state index contributed by atoms with van der Waals surface area (Å²) in [7, 11) is 0. The second-order valence-corrected chi connectivity index (χ2v) is 3.32. The summed E-state index contributed by atoms with van der Waals surface area (Å²) in [5.41, 5.74) is 5.55. The molecule has 0 aliphatic rings. The van der Waals surface area contributed by atoms with E-state index in [1.165, 1.54) is 0 Å². The lowest BCUT2D eigenvalue weighted by Gasteiger charge is -2.24. The number of carboxylic acid groups (broad SMARTS) is 1. The summed E-state index contributed by atoms with van der Waals surface area (Å²) in [5.74, 6) is -0.393. The molecule has 0 amide bonds. The van der Waals surface area contributed by atoms with E-state index < -0.39 is 12.0 Å². The summed E-state index contributed by atoms with van der Waals surface area (Å²) in [6.07, 6.45) is 1.82. The molecule has 0 spiro atoms. The molecule has 3 heteroatoms. The molecule has 3 N–H and O–H groups in total. The van der Waals surface area contributed by atoms with Gasteiger partial charge in [0, 0.05) is 0 Å². The van der Waals surface area contributed by atoms with Crippen molar-refractivity contribution in [3.63, 3.8) is 0 Å². The Morgan fingerprint density at radius 3 is 2.17 bits per heavy atom. The van der Waals surface area contributed by atoms with Crippen molar-refractivity contribution in [2.75, 3.05) is 0 Å². The minimum atomic E-state index is -0.887. The molecular formula is C9H19NO2. The average molecular weight is 173 g/mol. The van der Waals surface area contributed by atoms with E-state index in [1.807, 2.05) is 6.92 Å². The zero-order valence-corrected chi connectivity index (χ0v) is 8.08. The highest BCUT2D eigenvalue weighted by Gasteiger charge is 2.26. The molecule has 0 aromatic rings. The third kappa shape index (κ3) is 2.81. The monoisotopic (exact) mass is 173 g/mol. The van der Waals surface area contributed by atoms with Crippen molar-refractivity contribution in [1.29, 1.82) is 0 Å². The van der Waals surface area contributed by atoms with Gasteiger partial charge in [0.25, 0.3) is 0 Å². The summed E-state index contributed by atoms with van der Waals surface area (Å²) in [6.45, 7) is 6.10. The number of rotatable bonds is 5. The summed E-state index contributed by atoms with van der Waals surface area (Å²) in [4.78, 5) is 10.6. The maximum Gasteiger partial charge on any atom is 0.320 e. The van der Waals surface area contributed by atoms with E-state index >= 15 is 0 Å². The van der Waals surface area contributed by atoms with Crippen LogP contribution >= 0.6 is 0 Å². The van der Waals surface area contributed by atoms with Crippen LogP contribution in [0.4, 0.5) is 0 Å². The van der Waals surface area contributed by atoms with Crippen LogP contribution < -0.4 is 5.73 Å². The van der Waals surface area contributed by atoms with E-state index in [0.29, 0.717) is 5.92 Å². The standard InChI is InChI=1S/C9H19NO2/c1-4-6(3)7(5-2)8(10)9(11)12/h6-8H,4-5,10H2,1-3H3,(H,11,12). The zero-order valence-electron chi connectivity index (χ0n) is 8.08. The lowest BCUT2D eigenvalue weighted by Crippen LogP contribution is -2.40. The molecular weight excluding hydrogens is 154 g/mol. The predicted molar refractivity (Wildman–Crippen MR) is 48.8 cm³/mol. The number of carbonyl (C=O) groups is 1. The molecule has 3 nitrogen and oxygen atoms in total. The first-order valence-electron chi connectivity index (χ1n) is 4.52. The van der Waals surface area contributed by atoms with Crippen LogP contribution in [0.15, 0.2) is 0 Å². The molecule has 12 heavy (non-hydrogen) atoms. The van der Waals surface area contributed by atoms with Gasteiger partial charge < -0.3 is 10.8 Å². The normalized spacial score (nSPS) is 18.3. The van der Waals surface area contributed by atoms with Crippen molar-refractivity contribution < 1.29 is 9.90 Å². The van der Waals surface area contributed by atoms with Crippen LogP contribution in [0.5, 0.6) is 0 Å². The maximum atomic E-state index is 10.6. The van der Waals surface area contributed by atoms with Gasteiger partial charge in [-0.25, -0.2) is 0 Å². The van der Waals surface area contributed by atoms with E-state index in [0.717, 1.165) is 12.8 Å². The fourth-order valence-corrected chi connectivity index (χ4v) is 1.50. The molecule has 72 valence electrons. The molecule has 0 bridgehead atoms. The van der Waals surface area contributed by atoms with E-state index in [-0.39, 0.29) is 5.92 Å². The average Bonchev–Trinajstić information content (AvgIpc) is 2.05. The molecule has 0 fully saturated rings. The zero-order chi connectivity index (χ0) is 9.72. The minimum Gasteiger partial charge on any atom is -0.480 e. The van der Waals surface area contributed by atoms with Gasteiger partial charge in [-0.05, 0) is 11.8 Å². The molecule has 0 radical (unpaired) electrons. The summed E-state index contributed by atoms with van der Waals surface area (Å²) >= 11 is 0. The first-order valence-corrected chi connectivity index (χ1v) is 4.52. The van der Waals surface area contributed by atoms with E-state index in [9.17, 15) is 4.79 Å². The molecule has 0 aromatic carbocycles. The summed E-state index contributed by atoms with van der Waals surface area (Å²) < 4.78 is 0. The Morgan fingerprint density at radius 2 is 1.92 bits per heavy atom. The summed E-state index contributed by atoms with van der Waals surface area (Å²) in [6, 6.07) is -0.704. The molecule has 0 aliphatic carbocycles. The van der Waals surface area contributed by atoms with Gasteiger partial charge in [0.2, 0.25) is 0 Å². The molecule has 3 atom stereocenters. The Kier molecular flexibility index (Phi) is 4.90. The quantitative estimate of drug-likeness (QED) is 0.661. The highest BCUT2D eigenvalue weighted by atomic mass is 16.4. The van der Waals surface area contributed by atoms with Crippen molar-refractivity contribution >= 4 is 5.97 Å². The van der Waals surface area contributed by atoms with Crippen LogP contribution in [0, 0.1) is 11.8 Å². The second kappa shape index (κ2) is 5.14. The lowest BCUT2D eigenvalue weighted by molar-refractivity contribution is -0.140. The largest absolute Gasteiger partial charge is 0.480 e. The fourth-order valence-electron chi connectivity index (χ4n) is 1.50. The Hall–Kier alpha value is -0.570. The third-order valence-corrected chi connectivity index (χ3v) is 2.59. The van der Waals surface area contributed by atoms with Gasteiger partial charge in [-0.2, -0.15) is 0 Å². The molecule has 0 saturated heterocycles. The SMILES string of the molecule is CCC(C)C(CC)C(N)C(=O)O. The van der Waals surface area contributed by atoms with E-state index in [4.69, 9.17) is 10.8 Å². The van der Waals surface area contributed by atoms with Gasteiger partial charge in [0.05, 0.1) is 0 Å². The van der Waals surface area contributed by atoms with Gasteiger partial charge in [-0.3, -0.25) is 4.79 Å². The Bertz CT molecular complexity index is 147. The molecule has 0 aliphatic heterocycles. The van der Waals surface area contributed by atoms with Gasteiger partial charge in [-0.15, -0.1) is 0 Å². The topological polar surface area (TPSA) is 63.3 Å². The molecule has 0 rings (SSSR count). The maximum absolute atomic E-state index is 10.6. The summed E-state index contributed by atoms with van der Waals surface area (Å²) in [5, 5.41) is 8.70. The van der Waals surface area contributed by atoms with E-state index in [1.54, 1.807) is 0 Å². The minimum absolute atomic E-state index is 0.104. The fraction of sp³-hybridized carbons (Fsp3) is 0.889. The lowest BCUT2D eigenvalue weighted by atomic mass is 9.84. The van der Waals surface area contributed by atoms with Crippen molar-refractivity contribution in [3.05, 3.63) is 0 Å². The van der Waals surface area contributed by atoms with Crippen molar-refractivity contribution in [2.45, 2.75) is 39.7 Å². The Labute approximate surface area is 74.0 Å². The van der Waals surface area contributed by atoms with Crippen LogP contribution in [0.2, 0.25) is 0 Å². The van der Waals surface area contributed by atoms with Crippen molar-refractivity contribution in [3.8, 4) is 0 Å². The van der Waals surface area contributed by atoms with Crippen LogP contribution in [0.1, 0.15) is 33.6 Å². The Morgan fingerprint density at radius 1 is 1.42 bits per heavy atom. The predicted octanol–water partition coefficient (Wildman–Crippen LogP) is 1.47. The molecule has 0 aromatic heterocycles. The van der Waals surface area contributed by atoms with E-state index in [2.05, 4.69) is 13.8 Å². The number of nitrogens with two attached hydrogens (primary N) is 1. The van der Waals surface area contributed by atoms with Gasteiger partial charge in [-0.1, -0.05) is 33.6 Å². The number of carboxylic acids is 1. The molecule has 0 heterocycles. The van der Waals surface area contributed by atoms with Crippen LogP contribution in [-0.4, -0.2) is 17.1 Å². The first kappa shape index (κ1) is 11.4. The number of hydrogen-bond acceptors (Lipinski definition) is 2. The highest BCUT2D eigenvalue weighted by Crippen LogP contribution is 2.21.